The van der Waals surface area contributed by atoms with E-state index in [9.17, 15) is 9.59 Å². The molecule has 2 aliphatic heterocycles. The van der Waals surface area contributed by atoms with Crippen molar-refractivity contribution in [2.75, 3.05) is 19.8 Å². The number of halogens is 1. The minimum absolute atomic E-state index is 0.0513. The molecule has 0 radical (unpaired) electrons. The van der Waals surface area contributed by atoms with Gasteiger partial charge in [-0.2, -0.15) is 0 Å². The fourth-order valence-electron chi connectivity index (χ4n) is 4.44. The summed E-state index contributed by atoms with van der Waals surface area (Å²) in [6.07, 6.45) is 3.48. The highest BCUT2D eigenvalue weighted by atomic mass is 79.9. The van der Waals surface area contributed by atoms with Gasteiger partial charge in [-0.3, -0.25) is 9.59 Å². The van der Waals surface area contributed by atoms with Crippen LogP contribution in [0.1, 0.15) is 40.6 Å². The lowest BCUT2D eigenvalue weighted by atomic mass is 9.98. The summed E-state index contributed by atoms with van der Waals surface area (Å²) in [5.41, 5.74) is 1.40. The molecule has 1 aromatic heterocycles. The number of carbonyl (C=O) groups excluding carboxylic acids is 1. The van der Waals surface area contributed by atoms with Gasteiger partial charge in [0.05, 0.1) is 23.1 Å². The summed E-state index contributed by atoms with van der Waals surface area (Å²) in [5, 5.41) is 0.445. The second kappa shape index (κ2) is 8.56. The lowest BCUT2D eigenvalue weighted by Gasteiger charge is -2.27. The Bertz CT molecular complexity index is 1240. The van der Waals surface area contributed by atoms with E-state index in [0.717, 1.165) is 22.9 Å². The molecule has 7 heteroatoms. The van der Waals surface area contributed by atoms with Crippen molar-refractivity contribution >= 4 is 32.8 Å². The van der Waals surface area contributed by atoms with Crippen molar-refractivity contribution in [3.8, 4) is 5.75 Å². The third-order valence-electron chi connectivity index (χ3n) is 5.92. The standard InChI is InChI=1S/C25H22BrNO5/c1-2-11-30-17-8-5-15(6-9-17)22-21-23(28)19-13-16(26)7-10-20(19)32-24(21)25(29)27(22)14-18-4-3-12-31-18/h2,5-10,13,18,22H,1,3-4,11-12,14H2. The van der Waals surface area contributed by atoms with Crippen LogP contribution >= 0.6 is 15.9 Å². The van der Waals surface area contributed by atoms with Gasteiger partial charge in [0.15, 0.2) is 5.43 Å². The monoisotopic (exact) mass is 495 g/mol. The Kier molecular flexibility index (Phi) is 5.61. The molecule has 6 nitrogen and oxygen atoms in total. The lowest BCUT2D eigenvalue weighted by molar-refractivity contribution is 0.0486. The maximum atomic E-state index is 13.6. The predicted octanol–water partition coefficient (Wildman–Crippen LogP) is 4.84. The number of nitrogens with zero attached hydrogens (tertiary/aromatic N) is 1. The third-order valence-corrected chi connectivity index (χ3v) is 6.41. The predicted molar refractivity (Wildman–Crippen MR) is 124 cm³/mol. The molecule has 2 atom stereocenters. The van der Waals surface area contributed by atoms with Crippen molar-refractivity contribution in [1.29, 1.82) is 0 Å². The third kappa shape index (κ3) is 3.65. The number of hydrogen-bond acceptors (Lipinski definition) is 5. The highest BCUT2D eigenvalue weighted by molar-refractivity contribution is 9.10. The van der Waals surface area contributed by atoms with Crippen LogP contribution < -0.4 is 10.2 Å². The van der Waals surface area contributed by atoms with Gasteiger partial charge >= 0.3 is 0 Å². The molecule has 0 bridgehead atoms. The van der Waals surface area contributed by atoms with Gasteiger partial charge in [0.2, 0.25) is 5.76 Å². The van der Waals surface area contributed by atoms with Crippen molar-refractivity contribution in [2.45, 2.75) is 25.0 Å². The largest absolute Gasteiger partial charge is 0.490 e. The van der Waals surface area contributed by atoms with E-state index < -0.39 is 6.04 Å². The van der Waals surface area contributed by atoms with Gasteiger partial charge in [-0.05, 0) is 48.7 Å². The van der Waals surface area contributed by atoms with Crippen LogP contribution in [0, 0.1) is 0 Å². The number of hydrogen-bond donors (Lipinski definition) is 0. The molecule has 3 heterocycles. The Labute approximate surface area is 193 Å². The number of carbonyl (C=O) groups is 1. The number of amides is 1. The summed E-state index contributed by atoms with van der Waals surface area (Å²) in [6.45, 7) is 5.16. The van der Waals surface area contributed by atoms with Crippen LogP contribution in [0.3, 0.4) is 0 Å². The van der Waals surface area contributed by atoms with E-state index >= 15 is 0 Å². The van der Waals surface area contributed by atoms with E-state index in [1.54, 1.807) is 29.2 Å². The molecular formula is C25H22BrNO5. The molecule has 32 heavy (non-hydrogen) atoms. The van der Waals surface area contributed by atoms with Crippen LogP contribution in [0.5, 0.6) is 5.75 Å². The number of ether oxygens (including phenoxy) is 2. The number of benzene rings is 2. The smallest absolute Gasteiger partial charge is 0.291 e. The van der Waals surface area contributed by atoms with Crippen molar-refractivity contribution in [3.05, 3.63) is 86.7 Å². The molecule has 5 rings (SSSR count). The molecule has 2 unspecified atom stereocenters. The minimum Gasteiger partial charge on any atom is -0.490 e. The highest BCUT2D eigenvalue weighted by Gasteiger charge is 2.43. The summed E-state index contributed by atoms with van der Waals surface area (Å²) in [5.74, 6) is 0.521. The van der Waals surface area contributed by atoms with Crippen LogP contribution in [0.15, 0.2) is 68.8 Å². The molecule has 1 saturated heterocycles. The SMILES string of the molecule is C=CCOc1ccc(C2c3c(oc4ccc(Br)cc4c3=O)C(=O)N2CC2CCCO2)cc1. The van der Waals surface area contributed by atoms with Gasteiger partial charge in [-0.15, -0.1) is 0 Å². The van der Waals surface area contributed by atoms with E-state index in [1.807, 2.05) is 24.3 Å². The first-order chi connectivity index (χ1) is 15.6. The number of rotatable bonds is 6. The Morgan fingerprint density at radius 2 is 2.00 bits per heavy atom. The van der Waals surface area contributed by atoms with Crippen LogP contribution in [0.2, 0.25) is 0 Å². The van der Waals surface area contributed by atoms with Crippen molar-refractivity contribution in [1.82, 2.24) is 4.90 Å². The molecule has 0 N–H and O–H groups in total. The fraction of sp³-hybridized carbons (Fsp3) is 0.280. The van der Waals surface area contributed by atoms with Crippen LogP contribution in [-0.2, 0) is 4.74 Å². The molecular weight excluding hydrogens is 474 g/mol. The van der Waals surface area contributed by atoms with Crippen LogP contribution in [0.25, 0.3) is 11.0 Å². The normalized spacial score (nSPS) is 20.0. The van der Waals surface area contributed by atoms with Crippen molar-refractivity contribution in [2.24, 2.45) is 0 Å². The highest BCUT2D eigenvalue weighted by Crippen LogP contribution is 2.39. The first-order valence-corrected chi connectivity index (χ1v) is 11.4. The molecule has 1 fully saturated rings. The first kappa shape index (κ1) is 21.0. The van der Waals surface area contributed by atoms with E-state index in [-0.39, 0.29) is 23.2 Å². The van der Waals surface area contributed by atoms with Gasteiger partial charge < -0.3 is 18.8 Å². The van der Waals surface area contributed by atoms with E-state index in [0.29, 0.717) is 42.0 Å². The van der Waals surface area contributed by atoms with Crippen LogP contribution in [-0.4, -0.2) is 36.7 Å². The van der Waals surface area contributed by atoms with Crippen molar-refractivity contribution < 1.29 is 18.7 Å². The maximum absolute atomic E-state index is 13.6. The molecule has 1 amide bonds. The Hall–Kier alpha value is -2.90. The Morgan fingerprint density at radius 3 is 2.72 bits per heavy atom. The van der Waals surface area contributed by atoms with Crippen molar-refractivity contribution in [3.63, 3.8) is 0 Å². The minimum atomic E-state index is -0.546. The van der Waals surface area contributed by atoms with Gasteiger partial charge in [0.25, 0.3) is 5.91 Å². The zero-order chi connectivity index (χ0) is 22.2. The average Bonchev–Trinajstić information content (AvgIpc) is 3.41. The molecule has 0 saturated carbocycles. The van der Waals surface area contributed by atoms with E-state index in [2.05, 4.69) is 22.5 Å². The van der Waals surface area contributed by atoms with Gasteiger partial charge in [0.1, 0.15) is 17.9 Å². The second-order valence-electron chi connectivity index (χ2n) is 7.98. The Morgan fingerprint density at radius 1 is 1.19 bits per heavy atom. The first-order valence-electron chi connectivity index (χ1n) is 10.6. The zero-order valence-corrected chi connectivity index (χ0v) is 19.0. The number of fused-ring (bicyclic) bond motifs is 2. The summed E-state index contributed by atoms with van der Waals surface area (Å²) < 4.78 is 18.1. The van der Waals surface area contributed by atoms with E-state index in [1.165, 1.54) is 0 Å². The van der Waals surface area contributed by atoms with Gasteiger partial charge in [-0.1, -0.05) is 40.7 Å². The van der Waals surface area contributed by atoms with Gasteiger partial charge in [-0.25, -0.2) is 0 Å². The molecule has 2 aromatic carbocycles. The summed E-state index contributed by atoms with van der Waals surface area (Å²) in [6, 6.07) is 12.1. The summed E-state index contributed by atoms with van der Waals surface area (Å²) in [4.78, 5) is 28.7. The quantitative estimate of drug-likeness (QED) is 0.457. The fourth-order valence-corrected chi connectivity index (χ4v) is 4.80. The molecule has 0 aliphatic carbocycles. The lowest BCUT2D eigenvalue weighted by Crippen LogP contribution is -2.36. The van der Waals surface area contributed by atoms with Crippen LogP contribution in [0.4, 0.5) is 0 Å². The average molecular weight is 496 g/mol. The molecule has 164 valence electrons. The topological polar surface area (TPSA) is 69.0 Å². The maximum Gasteiger partial charge on any atom is 0.291 e. The molecule has 0 spiro atoms. The second-order valence-corrected chi connectivity index (χ2v) is 8.89. The molecule has 3 aromatic rings. The van der Waals surface area contributed by atoms with E-state index in [4.69, 9.17) is 13.9 Å². The Balaban J connectivity index is 1.63. The summed E-state index contributed by atoms with van der Waals surface area (Å²) in [7, 11) is 0. The van der Waals surface area contributed by atoms with Gasteiger partial charge in [0, 0.05) is 17.6 Å². The molecule has 2 aliphatic rings. The summed E-state index contributed by atoms with van der Waals surface area (Å²) >= 11 is 3.42. The zero-order valence-electron chi connectivity index (χ0n) is 17.4.